The summed E-state index contributed by atoms with van der Waals surface area (Å²) in [6.45, 7) is 0. The number of urea groups is 1. The lowest BCUT2D eigenvalue weighted by Crippen LogP contribution is -2.54. The van der Waals surface area contributed by atoms with Crippen LogP contribution in [0.5, 0.6) is 28.7 Å². The van der Waals surface area contributed by atoms with Crippen molar-refractivity contribution in [3.8, 4) is 28.7 Å². The quantitative estimate of drug-likeness (QED) is 0.514. The molecule has 0 atom stereocenters. The molecule has 0 unspecified atom stereocenters. The molecular formula is C22H22N2O8. The second-order valence-electron chi connectivity index (χ2n) is 6.44. The van der Waals surface area contributed by atoms with Gasteiger partial charge in [0.2, 0.25) is 0 Å². The molecule has 0 radical (unpaired) electrons. The summed E-state index contributed by atoms with van der Waals surface area (Å²) < 4.78 is 26.4. The van der Waals surface area contributed by atoms with Crippen molar-refractivity contribution in [3.05, 3.63) is 41.5 Å². The third kappa shape index (κ3) is 4.02. The lowest BCUT2D eigenvalue weighted by atomic mass is 10.0. The normalized spacial score (nSPS) is 14.8. The van der Waals surface area contributed by atoms with Gasteiger partial charge < -0.3 is 23.7 Å². The van der Waals surface area contributed by atoms with E-state index in [9.17, 15) is 14.4 Å². The van der Waals surface area contributed by atoms with Gasteiger partial charge >= 0.3 is 6.03 Å². The van der Waals surface area contributed by atoms with E-state index in [1.807, 2.05) is 0 Å². The summed E-state index contributed by atoms with van der Waals surface area (Å²) in [5.74, 6) is 0.0439. The van der Waals surface area contributed by atoms with E-state index in [4.69, 9.17) is 23.7 Å². The zero-order valence-corrected chi connectivity index (χ0v) is 18.2. The van der Waals surface area contributed by atoms with E-state index in [1.165, 1.54) is 47.7 Å². The molecule has 4 amide bonds. The maximum Gasteiger partial charge on any atom is 0.336 e. The second-order valence-corrected chi connectivity index (χ2v) is 6.44. The Hall–Kier alpha value is -4.21. The standard InChI is InChI=1S/C22H22N2O8/c1-28-13-6-7-16(29-2)15(10-13)24-21(26)14(20(25)23-22(24)27)8-12-9-18(31-4)19(32-5)11-17(12)30-3/h6-11H,1-5H3,(H,23,25,27)/b14-8-. The van der Waals surface area contributed by atoms with Crippen LogP contribution in [0.1, 0.15) is 5.56 Å². The number of amides is 4. The zero-order valence-electron chi connectivity index (χ0n) is 18.2. The number of barbiturate groups is 1. The highest BCUT2D eigenvalue weighted by atomic mass is 16.5. The van der Waals surface area contributed by atoms with Crippen molar-refractivity contribution in [2.75, 3.05) is 40.4 Å². The van der Waals surface area contributed by atoms with Gasteiger partial charge in [0.25, 0.3) is 11.8 Å². The number of imide groups is 2. The van der Waals surface area contributed by atoms with Crippen LogP contribution >= 0.6 is 0 Å². The Balaban J connectivity index is 2.13. The van der Waals surface area contributed by atoms with E-state index in [1.54, 1.807) is 24.3 Å². The highest BCUT2D eigenvalue weighted by Gasteiger charge is 2.38. The Morgan fingerprint density at radius 1 is 0.750 bits per heavy atom. The zero-order chi connectivity index (χ0) is 23.4. The van der Waals surface area contributed by atoms with E-state index in [2.05, 4.69) is 5.32 Å². The summed E-state index contributed by atoms with van der Waals surface area (Å²) in [6.07, 6.45) is 1.31. The Labute approximate surface area is 184 Å². The van der Waals surface area contributed by atoms with Gasteiger partial charge in [-0.2, -0.15) is 0 Å². The van der Waals surface area contributed by atoms with Crippen LogP contribution in [0.2, 0.25) is 0 Å². The van der Waals surface area contributed by atoms with Gasteiger partial charge in [0, 0.05) is 17.7 Å². The van der Waals surface area contributed by atoms with Crippen LogP contribution in [0.25, 0.3) is 6.08 Å². The maximum atomic E-state index is 13.3. The van der Waals surface area contributed by atoms with Crippen LogP contribution < -0.4 is 33.9 Å². The van der Waals surface area contributed by atoms with Gasteiger partial charge in [0.05, 0.1) is 41.2 Å². The first-order chi connectivity index (χ1) is 15.4. The summed E-state index contributed by atoms with van der Waals surface area (Å²) in [4.78, 5) is 39.2. The number of carbonyl (C=O) groups is 3. The van der Waals surface area contributed by atoms with Crippen LogP contribution in [-0.2, 0) is 9.59 Å². The first kappa shape index (κ1) is 22.5. The Kier molecular flexibility index (Phi) is 6.53. The Morgan fingerprint density at radius 3 is 1.97 bits per heavy atom. The number of benzene rings is 2. The van der Waals surface area contributed by atoms with Crippen molar-refractivity contribution >= 4 is 29.6 Å². The molecule has 2 aromatic carbocycles. The maximum absolute atomic E-state index is 13.3. The largest absolute Gasteiger partial charge is 0.497 e. The fraction of sp³-hybridized carbons (Fsp3) is 0.227. The molecule has 0 aliphatic carbocycles. The number of methoxy groups -OCH3 is 5. The van der Waals surface area contributed by atoms with Crippen molar-refractivity contribution in [2.45, 2.75) is 0 Å². The van der Waals surface area contributed by atoms with Crippen molar-refractivity contribution in [1.82, 2.24) is 5.32 Å². The molecule has 1 aliphatic rings. The van der Waals surface area contributed by atoms with Crippen LogP contribution in [-0.4, -0.2) is 53.4 Å². The van der Waals surface area contributed by atoms with Gasteiger partial charge in [-0.05, 0) is 24.3 Å². The fourth-order valence-corrected chi connectivity index (χ4v) is 3.17. The van der Waals surface area contributed by atoms with Crippen LogP contribution in [0.15, 0.2) is 35.9 Å². The molecule has 0 bridgehead atoms. The molecule has 1 saturated heterocycles. The molecule has 1 N–H and O–H groups in total. The molecule has 0 spiro atoms. The molecule has 0 aromatic heterocycles. The lowest BCUT2D eigenvalue weighted by molar-refractivity contribution is -0.122. The topological polar surface area (TPSA) is 113 Å². The van der Waals surface area contributed by atoms with Gasteiger partial charge in [0.15, 0.2) is 11.5 Å². The minimum Gasteiger partial charge on any atom is -0.497 e. The second kappa shape index (κ2) is 9.29. The molecule has 3 rings (SSSR count). The monoisotopic (exact) mass is 442 g/mol. The van der Waals surface area contributed by atoms with Gasteiger partial charge in [-0.1, -0.05) is 0 Å². The van der Waals surface area contributed by atoms with Crippen molar-refractivity contribution in [1.29, 1.82) is 0 Å². The minimum absolute atomic E-state index is 0.118. The van der Waals surface area contributed by atoms with Crippen LogP contribution in [0.4, 0.5) is 10.5 Å². The first-order valence-corrected chi connectivity index (χ1v) is 9.32. The van der Waals surface area contributed by atoms with E-state index in [0.29, 0.717) is 28.6 Å². The highest BCUT2D eigenvalue weighted by Crippen LogP contribution is 2.37. The smallest absolute Gasteiger partial charge is 0.336 e. The van der Waals surface area contributed by atoms with Crippen molar-refractivity contribution in [2.24, 2.45) is 0 Å². The third-order valence-corrected chi connectivity index (χ3v) is 4.76. The lowest BCUT2D eigenvalue weighted by Gasteiger charge is -2.27. The summed E-state index contributed by atoms with van der Waals surface area (Å²) in [7, 11) is 7.20. The van der Waals surface area contributed by atoms with Gasteiger partial charge in [-0.15, -0.1) is 0 Å². The predicted octanol–water partition coefficient (Wildman–Crippen LogP) is 2.40. The van der Waals surface area contributed by atoms with E-state index in [0.717, 1.165) is 4.90 Å². The number of ether oxygens (including phenoxy) is 5. The van der Waals surface area contributed by atoms with E-state index >= 15 is 0 Å². The first-order valence-electron chi connectivity index (χ1n) is 9.32. The molecule has 32 heavy (non-hydrogen) atoms. The molecule has 0 saturated carbocycles. The molecule has 1 heterocycles. The van der Waals surface area contributed by atoms with E-state index < -0.39 is 17.8 Å². The number of carbonyl (C=O) groups excluding carboxylic acids is 3. The number of hydrogen-bond acceptors (Lipinski definition) is 8. The SMILES string of the molecule is COc1ccc(OC)c(N2C(=O)NC(=O)/C(=C/c3cc(OC)c(OC)cc3OC)C2=O)c1. The molecular weight excluding hydrogens is 420 g/mol. The third-order valence-electron chi connectivity index (χ3n) is 4.76. The average Bonchev–Trinajstić information content (AvgIpc) is 2.80. The van der Waals surface area contributed by atoms with Gasteiger partial charge in [-0.25, -0.2) is 9.69 Å². The van der Waals surface area contributed by atoms with Crippen LogP contribution in [0.3, 0.4) is 0 Å². The predicted molar refractivity (Wildman–Crippen MR) is 115 cm³/mol. The number of hydrogen-bond donors (Lipinski definition) is 1. The molecule has 2 aromatic rings. The molecule has 10 nitrogen and oxygen atoms in total. The van der Waals surface area contributed by atoms with Gasteiger partial charge in [0.1, 0.15) is 22.8 Å². The highest BCUT2D eigenvalue weighted by molar-refractivity contribution is 6.39. The number of nitrogens with one attached hydrogen (secondary N) is 1. The number of nitrogens with zero attached hydrogens (tertiary/aromatic N) is 1. The number of rotatable bonds is 7. The van der Waals surface area contributed by atoms with E-state index in [-0.39, 0.29) is 17.0 Å². The Morgan fingerprint density at radius 2 is 1.38 bits per heavy atom. The number of anilines is 1. The molecule has 10 heteroatoms. The molecule has 1 fully saturated rings. The van der Waals surface area contributed by atoms with Crippen molar-refractivity contribution < 1.29 is 38.1 Å². The van der Waals surface area contributed by atoms with Crippen LogP contribution in [0, 0.1) is 0 Å². The molecule has 168 valence electrons. The summed E-state index contributed by atoms with van der Waals surface area (Å²) >= 11 is 0. The molecule has 1 aliphatic heterocycles. The summed E-state index contributed by atoms with van der Waals surface area (Å²) in [6, 6.07) is 6.82. The minimum atomic E-state index is -0.914. The Bertz CT molecular complexity index is 1110. The summed E-state index contributed by atoms with van der Waals surface area (Å²) in [5.41, 5.74) is 0.197. The van der Waals surface area contributed by atoms with Crippen molar-refractivity contribution in [3.63, 3.8) is 0 Å². The summed E-state index contributed by atoms with van der Waals surface area (Å²) in [5, 5.41) is 2.17. The average molecular weight is 442 g/mol. The fourth-order valence-electron chi connectivity index (χ4n) is 3.17. The van der Waals surface area contributed by atoms with Gasteiger partial charge in [-0.3, -0.25) is 14.9 Å².